The quantitative estimate of drug-likeness (QED) is 0.476. The van der Waals surface area contributed by atoms with E-state index < -0.39 is 17.8 Å². The van der Waals surface area contributed by atoms with Crippen molar-refractivity contribution in [3.05, 3.63) is 41.2 Å². The summed E-state index contributed by atoms with van der Waals surface area (Å²) >= 11 is 0. The molecule has 2 heterocycles. The molecule has 9 nitrogen and oxygen atoms in total. The Bertz CT molecular complexity index is 1200. The topological polar surface area (TPSA) is 119 Å². The summed E-state index contributed by atoms with van der Waals surface area (Å²) in [7, 11) is 1.30. The molecule has 1 aromatic heterocycles. The highest BCUT2D eigenvalue weighted by molar-refractivity contribution is 5.99. The first-order valence-corrected chi connectivity index (χ1v) is 12.9. The molecule has 1 aromatic carbocycles. The molecule has 1 aliphatic carbocycles. The Morgan fingerprint density at radius 2 is 1.84 bits per heavy atom. The third kappa shape index (κ3) is 6.39. The smallest absolute Gasteiger partial charge is 0.411 e. The highest BCUT2D eigenvalue weighted by atomic mass is 16.6. The minimum atomic E-state index is -0.618. The van der Waals surface area contributed by atoms with Gasteiger partial charge >= 0.3 is 12.2 Å². The zero-order chi connectivity index (χ0) is 26.7. The number of carbonyl (C=O) groups excluding carboxylic acids is 3. The number of aromatic nitrogens is 1. The summed E-state index contributed by atoms with van der Waals surface area (Å²) < 4.78 is 10.3. The van der Waals surface area contributed by atoms with Gasteiger partial charge in [0.25, 0.3) is 0 Å². The molecule has 198 valence electrons. The molecule has 9 heteroatoms. The second kappa shape index (κ2) is 10.8. The Balaban J connectivity index is 1.82. The fourth-order valence-electron chi connectivity index (χ4n) is 4.87. The fourth-order valence-corrected chi connectivity index (χ4v) is 4.87. The molecule has 0 saturated carbocycles. The van der Waals surface area contributed by atoms with Gasteiger partial charge in [0.05, 0.1) is 24.5 Å². The second-order valence-electron chi connectivity index (χ2n) is 10.8. The summed E-state index contributed by atoms with van der Waals surface area (Å²) in [5.74, 6) is -0.344. The van der Waals surface area contributed by atoms with Crippen molar-refractivity contribution in [2.75, 3.05) is 17.7 Å². The Labute approximate surface area is 217 Å². The number of nitrogens with zero attached hydrogens (tertiary/aromatic N) is 1. The van der Waals surface area contributed by atoms with Crippen LogP contribution in [0.5, 0.6) is 0 Å². The molecule has 0 spiro atoms. The van der Waals surface area contributed by atoms with E-state index in [1.54, 1.807) is 12.1 Å². The number of anilines is 2. The molecular weight excluding hydrogens is 472 g/mol. The number of benzene rings is 1. The van der Waals surface area contributed by atoms with Crippen molar-refractivity contribution in [3.8, 4) is 11.1 Å². The monoisotopic (exact) mass is 508 g/mol. The summed E-state index contributed by atoms with van der Waals surface area (Å²) in [6.45, 7) is 7.39. The average molecular weight is 509 g/mol. The molecule has 0 fully saturated rings. The van der Waals surface area contributed by atoms with Gasteiger partial charge < -0.3 is 20.1 Å². The number of ether oxygens (including phenoxy) is 2. The number of aryl methyl sites for hydroxylation is 1. The van der Waals surface area contributed by atoms with Gasteiger partial charge in [-0.2, -0.15) is 0 Å². The van der Waals surface area contributed by atoms with E-state index in [1.165, 1.54) is 7.11 Å². The number of hydrogen-bond acceptors (Lipinski definition) is 6. The molecule has 37 heavy (non-hydrogen) atoms. The van der Waals surface area contributed by atoms with Gasteiger partial charge in [-0.05, 0) is 82.2 Å². The molecule has 1 aliphatic heterocycles. The van der Waals surface area contributed by atoms with Crippen molar-refractivity contribution in [1.82, 2.24) is 10.3 Å². The van der Waals surface area contributed by atoms with Crippen LogP contribution in [-0.2, 0) is 27.1 Å². The van der Waals surface area contributed by atoms with Crippen molar-refractivity contribution in [1.29, 1.82) is 0 Å². The van der Waals surface area contributed by atoms with E-state index in [4.69, 9.17) is 14.5 Å². The fraction of sp³-hybridized carbons (Fsp3) is 0.500. The van der Waals surface area contributed by atoms with Crippen LogP contribution >= 0.6 is 0 Å². The molecule has 3 amide bonds. The van der Waals surface area contributed by atoms with Crippen LogP contribution in [0, 0.1) is 5.92 Å². The van der Waals surface area contributed by atoms with Gasteiger partial charge in [-0.3, -0.25) is 15.1 Å². The lowest BCUT2D eigenvalue weighted by Crippen LogP contribution is -2.35. The van der Waals surface area contributed by atoms with E-state index in [-0.39, 0.29) is 17.9 Å². The minimum absolute atomic E-state index is 0.0976. The van der Waals surface area contributed by atoms with E-state index in [1.807, 2.05) is 39.8 Å². The molecule has 0 unspecified atom stereocenters. The third-order valence-electron chi connectivity index (χ3n) is 6.70. The molecule has 2 bridgehead atoms. The lowest BCUT2D eigenvalue weighted by molar-refractivity contribution is -0.119. The molecule has 2 aliphatic rings. The molecular formula is C28H36N4O5. The zero-order valence-corrected chi connectivity index (χ0v) is 22.2. The van der Waals surface area contributed by atoms with Crippen LogP contribution in [0.25, 0.3) is 11.1 Å². The van der Waals surface area contributed by atoms with Crippen molar-refractivity contribution in [2.45, 2.75) is 77.9 Å². The largest absolute Gasteiger partial charge is 0.453 e. The Morgan fingerprint density at radius 1 is 1.05 bits per heavy atom. The van der Waals surface area contributed by atoms with Crippen LogP contribution in [0.4, 0.5) is 21.0 Å². The summed E-state index contributed by atoms with van der Waals surface area (Å²) in [4.78, 5) is 42.6. The Kier molecular flexibility index (Phi) is 7.71. The van der Waals surface area contributed by atoms with Crippen LogP contribution in [0.15, 0.2) is 24.3 Å². The molecule has 3 N–H and O–H groups in total. The minimum Gasteiger partial charge on any atom is -0.453 e. The van der Waals surface area contributed by atoms with Gasteiger partial charge in [-0.1, -0.05) is 19.4 Å². The summed E-state index contributed by atoms with van der Waals surface area (Å²) in [5.41, 5.74) is 5.26. The average Bonchev–Trinajstić information content (AvgIpc) is 3.30. The van der Waals surface area contributed by atoms with Crippen molar-refractivity contribution in [3.63, 3.8) is 0 Å². The molecule has 0 saturated heterocycles. The maximum absolute atomic E-state index is 13.1. The first-order chi connectivity index (χ1) is 17.5. The number of pyridine rings is 1. The Morgan fingerprint density at radius 3 is 2.57 bits per heavy atom. The van der Waals surface area contributed by atoms with Gasteiger partial charge in [0.1, 0.15) is 5.60 Å². The van der Waals surface area contributed by atoms with Gasteiger partial charge in [0.15, 0.2) is 0 Å². The number of fused-ring (bicyclic) bond motifs is 6. The van der Waals surface area contributed by atoms with Gasteiger partial charge in [0, 0.05) is 22.9 Å². The predicted octanol–water partition coefficient (Wildman–Crippen LogP) is 5.74. The van der Waals surface area contributed by atoms with E-state index in [0.29, 0.717) is 24.2 Å². The Hall–Kier alpha value is -3.62. The van der Waals surface area contributed by atoms with Gasteiger partial charge in [-0.15, -0.1) is 0 Å². The summed E-state index contributed by atoms with van der Waals surface area (Å²) in [6, 6.07) is 7.11. The number of methoxy groups -OCH3 is 1. The number of alkyl carbamates (subject to hydrolysis) is 1. The van der Waals surface area contributed by atoms with Crippen LogP contribution in [0.3, 0.4) is 0 Å². The normalized spacial score (nSPS) is 19.3. The highest BCUT2D eigenvalue weighted by Gasteiger charge is 2.28. The summed E-state index contributed by atoms with van der Waals surface area (Å²) in [5, 5.41) is 8.79. The molecule has 2 atom stereocenters. The van der Waals surface area contributed by atoms with E-state index >= 15 is 0 Å². The number of rotatable bonds is 2. The standard InChI is InChI=1S/C28H36N4O5/c1-16-8-6-11-22(32-27(35)37-28(2,3)4)24-15-20(18-9-7-10-21(18)30-24)19-13-12-17(29-26(34)36-5)14-23(19)31-25(16)33/h12-16,22H,6-11H2,1-5H3,(H,29,34)(H,31,33)(H,32,35)/t16-,22+/m1/s1. The lowest BCUT2D eigenvalue weighted by Gasteiger charge is -2.26. The van der Waals surface area contributed by atoms with Crippen molar-refractivity contribution >= 4 is 29.5 Å². The number of amides is 3. The van der Waals surface area contributed by atoms with Crippen LogP contribution in [0.2, 0.25) is 0 Å². The SMILES string of the molecule is COC(=O)Nc1ccc2c(c1)NC(=O)[C@H](C)CCC[C@H](NC(=O)OC(C)(C)C)c1cc-2c2c(n1)CCC2. The molecule has 0 radical (unpaired) electrons. The third-order valence-corrected chi connectivity index (χ3v) is 6.70. The molecule has 4 rings (SSSR count). The van der Waals surface area contributed by atoms with Gasteiger partial charge in [-0.25, -0.2) is 9.59 Å². The van der Waals surface area contributed by atoms with E-state index in [0.717, 1.165) is 53.8 Å². The molecule has 2 aromatic rings. The first-order valence-electron chi connectivity index (χ1n) is 12.9. The highest BCUT2D eigenvalue weighted by Crippen LogP contribution is 2.39. The van der Waals surface area contributed by atoms with Crippen LogP contribution in [-0.4, -0.2) is 35.8 Å². The van der Waals surface area contributed by atoms with Crippen LogP contribution < -0.4 is 16.0 Å². The second-order valence-corrected chi connectivity index (χ2v) is 10.8. The van der Waals surface area contributed by atoms with E-state index in [9.17, 15) is 14.4 Å². The van der Waals surface area contributed by atoms with Crippen molar-refractivity contribution < 1.29 is 23.9 Å². The predicted molar refractivity (Wildman–Crippen MR) is 141 cm³/mol. The maximum Gasteiger partial charge on any atom is 0.411 e. The summed E-state index contributed by atoms with van der Waals surface area (Å²) in [6.07, 6.45) is 3.66. The number of nitrogens with one attached hydrogen (secondary N) is 3. The van der Waals surface area contributed by atoms with Gasteiger partial charge in [0.2, 0.25) is 5.91 Å². The maximum atomic E-state index is 13.1. The van der Waals surface area contributed by atoms with E-state index in [2.05, 4.69) is 16.0 Å². The van der Waals surface area contributed by atoms with Crippen molar-refractivity contribution in [2.24, 2.45) is 5.92 Å². The number of hydrogen-bond donors (Lipinski definition) is 3. The lowest BCUT2D eigenvalue weighted by atomic mass is 9.92. The first kappa shape index (κ1) is 26.4. The zero-order valence-electron chi connectivity index (χ0n) is 22.2. The van der Waals surface area contributed by atoms with Crippen LogP contribution in [0.1, 0.15) is 76.4 Å². The number of carbonyl (C=O) groups is 3.